The van der Waals surface area contributed by atoms with Gasteiger partial charge in [0.1, 0.15) is 9.71 Å². The van der Waals surface area contributed by atoms with Gasteiger partial charge in [0.2, 0.25) is 0 Å². The minimum absolute atomic E-state index is 0.0147. The second kappa shape index (κ2) is 6.37. The van der Waals surface area contributed by atoms with Crippen LogP contribution in [0.2, 0.25) is 0 Å². The van der Waals surface area contributed by atoms with Crippen LogP contribution >= 0.6 is 22.7 Å². The highest BCUT2D eigenvalue weighted by Crippen LogP contribution is 2.48. The minimum atomic E-state index is -0.547. The maximum absolute atomic E-state index is 11.8. The Morgan fingerprint density at radius 2 is 2.23 bits per heavy atom. The Kier molecular flexibility index (Phi) is 4.16. The fraction of sp³-hybridized carbons (Fsp3) is 0.278. The van der Waals surface area contributed by atoms with E-state index in [1.807, 2.05) is 17.5 Å². The summed E-state index contributed by atoms with van der Waals surface area (Å²) in [7, 11) is 1.39. The van der Waals surface area contributed by atoms with Gasteiger partial charge < -0.3 is 16.2 Å². The Balaban J connectivity index is 1.99. The highest BCUT2D eigenvalue weighted by Gasteiger charge is 2.32. The summed E-state index contributed by atoms with van der Waals surface area (Å²) in [4.78, 5) is 30.4. The average molecular weight is 387 g/mol. The van der Waals surface area contributed by atoms with Crippen molar-refractivity contribution in [3.05, 3.63) is 33.6 Å². The van der Waals surface area contributed by atoms with Crippen molar-refractivity contribution in [1.82, 2.24) is 4.98 Å². The van der Waals surface area contributed by atoms with Crippen LogP contribution in [0.3, 0.4) is 0 Å². The molecule has 1 atom stereocenters. The monoisotopic (exact) mass is 387 g/mol. The summed E-state index contributed by atoms with van der Waals surface area (Å²) in [5.74, 6) is -0.777. The Morgan fingerprint density at radius 1 is 1.42 bits per heavy atom. The van der Waals surface area contributed by atoms with Crippen molar-refractivity contribution >= 4 is 50.5 Å². The molecule has 0 aromatic carbocycles. The first-order chi connectivity index (χ1) is 12.5. The van der Waals surface area contributed by atoms with Crippen molar-refractivity contribution in [2.45, 2.75) is 25.2 Å². The lowest BCUT2D eigenvalue weighted by Crippen LogP contribution is -2.10. The van der Waals surface area contributed by atoms with Crippen molar-refractivity contribution in [2.24, 2.45) is 5.73 Å². The van der Waals surface area contributed by atoms with E-state index in [1.165, 1.54) is 18.4 Å². The second-order valence-electron chi connectivity index (χ2n) is 6.23. The highest BCUT2D eigenvalue weighted by molar-refractivity contribution is 7.21. The lowest BCUT2D eigenvalue weighted by Gasteiger charge is -2.12. The molecule has 4 rings (SSSR count). The third kappa shape index (κ3) is 2.57. The molecule has 8 heteroatoms. The van der Waals surface area contributed by atoms with E-state index in [4.69, 9.17) is 21.2 Å². The van der Waals surface area contributed by atoms with Crippen molar-refractivity contribution in [2.75, 3.05) is 12.8 Å². The molecule has 0 spiro atoms. The van der Waals surface area contributed by atoms with Gasteiger partial charge in [0.05, 0.1) is 19.2 Å². The smallest absolute Gasteiger partial charge is 0.306 e. The van der Waals surface area contributed by atoms with E-state index in [-0.39, 0.29) is 11.9 Å². The number of esters is 1. The molecule has 0 fully saturated rings. The van der Waals surface area contributed by atoms with E-state index in [0.29, 0.717) is 21.8 Å². The number of thiophene rings is 2. The van der Waals surface area contributed by atoms with E-state index in [1.54, 1.807) is 11.3 Å². The summed E-state index contributed by atoms with van der Waals surface area (Å²) in [5, 5.41) is 2.80. The molecule has 4 N–H and O–H groups in total. The molecular weight excluding hydrogens is 370 g/mol. The number of pyridine rings is 1. The molecular formula is C18H17N3O3S2. The SMILES string of the molecule is COC(=O)CC1CCc2c1nc1sc(C(N)=O)c(N)c1c2-c1cccs1. The molecule has 3 aromatic heterocycles. The first-order valence-electron chi connectivity index (χ1n) is 8.16. The number of hydrogen-bond acceptors (Lipinski definition) is 7. The maximum Gasteiger partial charge on any atom is 0.306 e. The number of carbonyl (C=O) groups is 2. The molecule has 0 aliphatic heterocycles. The minimum Gasteiger partial charge on any atom is -0.469 e. The summed E-state index contributed by atoms with van der Waals surface area (Å²) in [5.41, 5.74) is 15.2. The van der Waals surface area contributed by atoms with E-state index in [2.05, 4.69) is 0 Å². The van der Waals surface area contributed by atoms with Crippen LogP contribution in [-0.2, 0) is 16.0 Å². The Morgan fingerprint density at radius 3 is 2.88 bits per heavy atom. The fourth-order valence-corrected chi connectivity index (χ4v) is 5.38. The van der Waals surface area contributed by atoms with Gasteiger partial charge in [-0.1, -0.05) is 6.07 Å². The zero-order chi connectivity index (χ0) is 18.4. The standard InChI is InChI=1S/C18H17N3O3S2/c1-24-11(22)7-8-4-5-9-12(10-3-2-6-25-10)13-14(19)16(17(20)23)26-18(13)21-15(8)9/h2-3,6,8H,4-5,7,19H2,1H3,(H2,20,23). The molecule has 0 saturated carbocycles. The van der Waals surface area contributed by atoms with E-state index >= 15 is 0 Å². The topological polar surface area (TPSA) is 108 Å². The number of aromatic nitrogens is 1. The first kappa shape index (κ1) is 17.0. The number of nitrogens with zero attached hydrogens (tertiary/aromatic N) is 1. The molecule has 1 amide bonds. The molecule has 1 aliphatic carbocycles. The van der Waals surface area contributed by atoms with Crippen LogP contribution in [0.4, 0.5) is 5.69 Å². The predicted octanol–water partition coefficient (Wildman–Crippen LogP) is 3.30. The van der Waals surface area contributed by atoms with Gasteiger partial charge in [0.15, 0.2) is 0 Å². The highest BCUT2D eigenvalue weighted by atomic mass is 32.1. The van der Waals surface area contributed by atoms with Gasteiger partial charge in [-0.2, -0.15) is 0 Å². The summed E-state index contributed by atoms with van der Waals surface area (Å²) < 4.78 is 4.83. The van der Waals surface area contributed by atoms with Crippen LogP contribution in [0.15, 0.2) is 17.5 Å². The van der Waals surface area contributed by atoms with E-state index in [0.717, 1.165) is 39.9 Å². The van der Waals surface area contributed by atoms with Crippen LogP contribution in [0.1, 0.15) is 39.7 Å². The second-order valence-corrected chi connectivity index (χ2v) is 8.18. The van der Waals surface area contributed by atoms with Gasteiger partial charge in [0, 0.05) is 27.4 Å². The zero-order valence-corrected chi connectivity index (χ0v) is 15.7. The van der Waals surface area contributed by atoms with Gasteiger partial charge >= 0.3 is 5.97 Å². The van der Waals surface area contributed by atoms with Gasteiger partial charge in [-0.25, -0.2) is 4.98 Å². The molecule has 0 bridgehead atoms. The Hall–Kier alpha value is -2.45. The molecule has 0 saturated heterocycles. The number of anilines is 1. The predicted molar refractivity (Wildman–Crippen MR) is 104 cm³/mol. The molecule has 3 heterocycles. The van der Waals surface area contributed by atoms with Crippen LogP contribution < -0.4 is 11.5 Å². The summed E-state index contributed by atoms with van der Waals surface area (Å²) in [6.07, 6.45) is 1.96. The lowest BCUT2D eigenvalue weighted by atomic mass is 9.99. The normalized spacial score (nSPS) is 16.0. The number of nitrogens with two attached hydrogens (primary N) is 2. The van der Waals surface area contributed by atoms with Gasteiger partial charge in [-0.05, 0) is 29.9 Å². The zero-order valence-electron chi connectivity index (χ0n) is 14.1. The van der Waals surface area contributed by atoms with Crippen LogP contribution in [-0.4, -0.2) is 24.0 Å². The van der Waals surface area contributed by atoms with Gasteiger partial charge in [-0.3, -0.25) is 9.59 Å². The van der Waals surface area contributed by atoms with Crippen LogP contribution in [0.5, 0.6) is 0 Å². The van der Waals surface area contributed by atoms with E-state index < -0.39 is 5.91 Å². The van der Waals surface area contributed by atoms with Gasteiger partial charge in [-0.15, -0.1) is 22.7 Å². The lowest BCUT2D eigenvalue weighted by molar-refractivity contribution is -0.141. The molecule has 134 valence electrons. The number of primary amides is 1. The van der Waals surface area contributed by atoms with Crippen molar-refractivity contribution < 1.29 is 14.3 Å². The molecule has 1 unspecified atom stereocenters. The van der Waals surface area contributed by atoms with E-state index in [9.17, 15) is 9.59 Å². The van der Waals surface area contributed by atoms with Crippen LogP contribution in [0, 0.1) is 0 Å². The van der Waals surface area contributed by atoms with Gasteiger partial charge in [0.25, 0.3) is 5.91 Å². The third-order valence-electron chi connectivity index (χ3n) is 4.77. The maximum atomic E-state index is 11.8. The third-order valence-corrected chi connectivity index (χ3v) is 6.77. The molecule has 1 aliphatic rings. The number of ether oxygens (including phenoxy) is 1. The quantitative estimate of drug-likeness (QED) is 0.668. The molecule has 6 nitrogen and oxygen atoms in total. The van der Waals surface area contributed by atoms with Crippen molar-refractivity contribution in [3.63, 3.8) is 0 Å². The molecule has 0 radical (unpaired) electrons. The summed E-state index contributed by atoms with van der Waals surface area (Å²) >= 11 is 2.83. The average Bonchev–Trinajstić information content (AvgIpc) is 3.33. The van der Waals surface area contributed by atoms with Crippen LogP contribution in [0.25, 0.3) is 20.7 Å². The fourth-order valence-electron chi connectivity index (χ4n) is 3.61. The number of carbonyl (C=O) groups excluding carboxylic acids is 2. The molecule has 3 aromatic rings. The van der Waals surface area contributed by atoms with Crippen molar-refractivity contribution in [3.8, 4) is 10.4 Å². The Labute approximate surface area is 157 Å². The number of hydrogen-bond donors (Lipinski definition) is 2. The molecule has 26 heavy (non-hydrogen) atoms. The number of nitrogen functional groups attached to an aromatic ring is 1. The Bertz CT molecular complexity index is 1020. The summed E-state index contributed by atoms with van der Waals surface area (Å²) in [6, 6.07) is 4.02. The largest absolute Gasteiger partial charge is 0.469 e. The van der Waals surface area contributed by atoms with Crippen molar-refractivity contribution in [1.29, 1.82) is 0 Å². The number of fused-ring (bicyclic) bond motifs is 2. The summed E-state index contributed by atoms with van der Waals surface area (Å²) in [6.45, 7) is 0. The number of amides is 1. The number of rotatable bonds is 4. The first-order valence-corrected chi connectivity index (χ1v) is 9.86. The number of methoxy groups -OCH3 is 1.